The molecule has 106 valence electrons. The van der Waals surface area contributed by atoms with E-state index in [-0.39, 0.29) is 5.91 Å². The van der Waals surface area contributed by atoms with Gasteiger partial charge in [0.1, 0.15) is 0 Å². The van der Waals surface area contributed by atoms with Crippen molar-refractivity contribution in [2.24, 2.45) is 12.0 Å². The van der Waals surface area contributed by atoms with Gasteiger partial charge in [-0.05, 0) is 54.2 Å². The monoisotopic (exact) mass is 317 g/mol. The molecule has 2 heterocycles. The third kappa shape index (κ3) is 3.20. The molecular formula is C15H12ClN3OS. The first-order valence-corrected chi connectivity index (χ1v) is 7.48. The number of nitrogens with one attached hydrogen (secondary N) is 1. The van der Waals surface area contributed by atoms with Gasteiger partial charge in [0.05, 0.1) is 10.6 Å². The average Bonchev–Trinajstić information content (AvgIpc) is 3.00. The topological polar surface area (TPSA) is 46.4 Å². The number of aromatic nitrogens is 1. The van der Waals surface area contributed by atoms with Crippen LogP contribution in [-0.4, -0.2) is 15.6 Å². The lowest BCUT2D eigenvalue weighted by atomic mass is 10.3. The minimum atomic E-state index is -0.131. The van der Waals surface area contributed by atoms with Crippen LogP contribution in [0.2, 0.25) is 5.02 Å². The van der Waals surface area contributed by atoms with Crippen LogP contribution >= 0.6 is 23.4 Å². The molecular weight excluding hydrogens is 306 g/mol. The van der Waals surface area contributed by atoms with E-state index in [1.807, 2.05) is 36.0 Å². The number of thioether (sulfide) groups is 1. The Bertz CT molecular complexity index is 747. The summed E-state index contributed by atoms with van der Waals surface area (Å²) in [4.78, 5) is 17.0. The summed E-state index contributed by atoms with van der Waals surface area (Å²) in [7, 11) is 1.94. The van der Waals surface area contributed by atoms with Gasteiger partial charge in [0.2, 0.25) is 0 Å². The molecule has 0 saturated carbocycles. The van der Waals surface area contributed by atoms with Crippen LogP contribution in [0, 0.1) is 0 Å². The van der Waals surface area contributed by atoms with Crippen LogP contribution in [0.4, 0.5) is 5.69 Å². The molecule has 0 unspecified atom stereocenters. The van der Waals surface area contributed by atoms with Gasteiger partial charge < -0.3 is 9.88 Å². The zero-order valence-electron chi connectivity index (χ0n) is 11.2. The molecule has 2 aromatic rings. The Morgan fingerprint density at radius 3 is 2.71 bits per heavy atom. The molecule has 0 aliphatic carbocycles. The highest BCUT2D eigenvalue weighted by molar-refractivity contribution is 8.18. The molecule has 0 spiro atoms. The summed E-state index contributed by atoms with van der Waals surface area (Å²) in [5.74, 6) is -0.131. The molecule has 1 aromatic heterocycles. The third-order valence-corrected chi connectivity index (χ3v) is 4.13. The Morgan fingerprint density at radius 2 is 2.05 bits per heavy atom. The van der Waals surface area contributed by atoms with Crippen LogP contribution in [0.1, 0.15) is 5.69 Å². The largest absolute Gasteiger partial charge is 0.351 e. The fraction of sp³-hybridized carbons (Fsp3) is 0.0667. The maximum Gasteiger partial charge on any atom is 0.264 e. The number of halogens is 1. The summed E-state index contributed by atoms with van der Waals surface area (Å²) in [5.41, 5.74) is 1.72. The summed E-state index contributed by atoms with van der Waals surface area (Å²) in [5, 5.41) is 3.99. The molecule has 1 aliphatic rings. The lowest BCUT2D eigenvalue weighted by molar-refractivity contribution is -0.115. The number of aryl methyl sites for hydroxylation is 1. The summed E-state index contributed by atoms with van der Waals surface area (Å²) in [6, 6.07) is 11.0. The van der Waals surface area contributed by atoms with Crippen LogP contribution in [-0.2, 0) is 11.8 Å². The minimum absolute atomic E-state index is 0.131. The highest BCUT2D eigenvalue weighted by Crippen LogP contribution is 2.28. The quantitative estimate of drug-likeness (QED) is 0.861. The second-order valence-corrected chi connectivity index (χ2v) is 5.97. The summed E-state index contributed by atoms with van der Waals surface area (Å²) in [6.45, 7) is 0. The molecule has 4 nitrogen and oxygen atoms in total. The highest BCUT2D eigenvalue weighted by Gasteiger charge is 2.24. The molecule has 3 rings (SSSR count). The maximum absolute atomic E-state index is 12.0. The molecule has 0 atom stereocenters. The Kier molecular flexibility index (Phi) is 3.86. The van der Waals surface area contributed by atoms with Crippen LogP contribution in [0.25, 0.3) is 6.08 Å². The number of benzene rings is 1. The zero-order chi connectivity index (χ0) is 14.8. The summed E-state index contributed by atoms with van der Waals surface area (Å²) in [6.07, 6.45) is 3.79. The van der Waals surface area contributed by atoms with Crippen molar-refractivity contribution >= 4 is 46.2 Å². The van der Waals surface area contributed by atoms with Gasteiger partial charge in [0.15, 0.2) is 5.17 Å². The number of hydrogen-bond acceptors (Lipinski definition) is 3. The minimum Gasteiger partial charge on any atom is -0.351 e. The van der Waals surface area contributed by atoms with Gasteiger partial charge in [-0.3, -0.25) is 4.79 Å². The number of amides is 1. The van der Waals surface area contributed by atoms with Crippen molar-refractivity contribution in [3.63, 3.8) is 0 Å². The fourth-order valence-electron chi connectivity index (χ4n) is 1.87. The zero-order valence-corrected chi connectivity index (χ0v) is 12.8. The Balaban J connectivity index is 1.83. The molecule has 0 bridgehead atoms. The van der Waals surface area contributed by atoms with E-state index in [1.165, 1.54) is 11.8 Å². The number of carbonyl (C=O) groups excluding carboxylic acids is 1. The van der Waals surface area contributed by atoms with E-state index in [0.717, 1.165) is 11.4 Å². The second kappa shape index (κ2) is 5.79. The smallest absolute Gasteiger partial charge is 0.264 e. The molecule has 1 saturated heterocycles. The SMILES string of the molecule is Cn1cccc1/C=C1/SC(=Nc2ccc(Cl)cc2)NC1=O. The van der Waals surface area contributed by atoms with E-state index in [0.29, 0.717) is 15.1 Å². The predicted octanol–water partition coefficient (Wildman–Crippen LogP) is 3.57. The van der Waals surface area contributed by atoms with Crippen molar-refractivity contribution in [3.05, 3.63) is 58.2 Å². The van der Waals surface area contributed by atoms with Crippen molar-refractivity contribution < 1.29 is 4.79 Å². The van der Waals surface area contributed by atoms with E-state index in [1.54, 1.807) is 24.3 Å². The normalized spacial score (nSPS) is 18.5. The van der Waals surface area contributed by atoms with Crippen molar-refractivity contribution in [1.82, 2.24) is 9.88 Å². The number of amidine groups is 1. The van der Waals surface area contributed by atoms with E-state index >= 15 is 0 Å². The van der Waals surface area contributed by atoms with Crippen LogP contribution in [0.3, 0.4) is 0 Å². The van der Waals surface area contributed by atoms with Crippen molar-refractivity contribution in [3.8, 4) is 0 Å². The fourth-order valence-corrected chi connectivity index (χ4v) is 2.82. The van der Waals surface area contributed by atoms with Crippen molar-refractivity contribution in [2.45, 2.75) is 0 Å². The second-order valence-electron chi connectivity index (χ2n) is 4.50. The van der Waals surface area contributed by atoms with Crippen LogP contribution < -0.4 is 5.32 Å². The first-order valence-electron chi connectivity index (χ1n) is 6.28. The highest BCUT2D eigenvalue weighted by atomic mass is 35.5. The predicted molar refractivity (Wildman–Crippen MR) is 87.7 cm³/mol. The Hall–Kier alpha value is -1.98. The molecule has 1 amide bonds. The first kappa shape index (κ1) is 14.0. The van der Waals surface area contributed by atoms with Crippen LogP contribution in [0.5, 0.6) is 0 Å². The van der Waals surface area contributed by atoms with E-state index in [4.69, 9.17) is 11.6 Å². The number of rotatable bonds is 2. The molecule has 1 N–H and O–H groups in total. The summed E-state index contributed by atoms with van der Waals surface area (Å²) < 4.78 is 1.95. The van der Waals surface area contributed by atoms with E-state index < -0.39 is 0 Å². The van der Waals surface area contributed by atoms with E-state index in [2.05, 4.69) is 10.3 Å². The lowest BCUT2D eigenvalue weighted by Crippen LogP contribution is -2.19. The summed E-state index contributed by atoms with van der Waals surface area (Å²) >= 11 is 7.16. The standard InChI is InChI=1S/C15H12ClN3OS/c1-19-8-2-3-12(19)9-13-14(20)18-15(21-13)17-11-6-4-10(16)5-7-11/h2-9H,1H3,(H,17,18,20)/b13-9+. The molecule has 1 fully saturated rings. The van der Waals surface area contributed by atoms with Crippen molar-refractivity contribution in [1.29, 1.82) is 0 Å². The Labute approximate surface area is 131 Å². The number of aliphatic imine (C=N–C) groups is 1. The van der Waals surface area contributed by atoms with E-state index in [9.17, 15) is 4.79 Å². The number of carbonyl (C=O) groups is 1. The molecule has 0 radical (unpaired) electrons. The number of nitrogens with zero attached hydrogens (tertiary/aromatic N) is 2. The lowest BCUT2D eigenvalue weighted by Gasteiger charge is -1.97. The van der Waals surface area contributed by atoms with Gasteiger partial charge in [0.25, 0.3) is 5.91 Å². The molecule has 1 aromatic carbocycles. The first-order chi connectivity index (χ1) is 10.1. The molecule has 6 heteroatoms. The maximum atomic E-state index is 12.0. The van der Waals surface area contributed by atoms with Gasteiger partial charge in [-0.15, -0.1) is 0 Å². The van der Waals surface area contributed by atoms with Crippen LogP contribution in [0.15, 0.2) is 52.5 Å². The van der Waals surface area contributed by atoms with Gasteiger partial charge >= 0.3 is 0 Å². The van der Waals surface area contributed by atoms with Crippen molar-refractivity contribution in [2.75, 3.05) is 0 Å². The molecule has 1 aliphatic heterocycles. The third-order valence-electron chi connectivity index (χ3n) is 2.97. The van der Waals surface area contributed by atoms with Gasteiger partial charge in [-0.2, -0.15) is 0 Å². The number of hydrogen-bond donors (Lipinski definition) is 1. The van der Waals surface area contributed by atoms with Gasteiger partial charge in [-0.1, -0.05) is 11.6 Å². The van der Waals surface area contributed by atoms with Gasteiger partial charge in [-0.25, -0.2) is 4.99 Å². The molecule has 21 heavy (non-hydrogen) atoms. The van der Waals surface area contributed by atoms with Gasteiger partial charge in [0, 0.05) is 24.0 Å². The Morgan fingerprint density at radius 1 is 1.29 bits per heavy atom. The average molecular weight is 318 g/mol.